The maximum atomic E-state index is 12.3. The third-order valence-electron chi connectivity index (χ3n) is 14.4. The molecule has 13 aliphatic carbocycles. The van der Waals surface area contributed by atoms with Gasteiger partial charge in [0.05, 0.1) is 12.2 Å². The van der Waals surface area contributed by atoms with Gasteiger partial charge in [0.1, 0.15) is 11.9 Å². The van der Waals surface area contributed by atoms with Crippen LogP contribution in [0, 0.1) is 92.7 Å². The minimum atomic E-state index is 0.246. The summed E-state index contributed by atoms with van der Waals surface area (Å²) >= 11 is 0. The molecule has 0 saturated heterocycles. The smallest absolute Gasteiger partial charge is 0.124 e. The minimum Gasteiger partial charge on any atom is -0.381 e. The normalized spacial score (nSPS) is 85.5. The van der Waals surface area contributed by atoms with Gasteiger partial charge in [-0.1, -0.05) is 0 Å². The zero-order chi connectivity index (χ0) is 18.1. The first kappa shape index (κ1) is 13.2. The molecular formula is C24H20O4. The van der Waals surface area contributed by atoms with Gasteiger partial charge in [-0.15, -0.1) is 0 Å². The standard InChI is InChI=1S/C24H20O4/c1-27-19-15-9-10-16(19)22-12-5(3-25)11-7-8(12)14-6(4-26)13(7)23(21(11,15)22)17(9)20(28-2)18(10)24(14,22)23/h7-20H,1-2H3. The topological polar surface area (TPSA) is 52.6 Å². The van der Waals surface area contributed by atoms with Gasteiger partial charge >= 0.3 is 0 Å². The van der Waals surface area contributed by atoms with E-state index in [4.69, 9.17) is 9.47 Å². The maximum absolute atomic E-state index is 12.3. The predicted octanol–water partition coefficient (Wildman–Crippen LogP) is 1.02. The fourth-order valence-electron chi connectivity index (χ4n) is 16.9. The molecule has 13 aliphatic rings. The van der Waals surface area contributed by atoms with Crippen molar-refractivity contribution >= 4 is 11.9 Å². The van der Waals surface area contributed by atoms with Crippen molar-refractivity contribution in [3.8, 4) is 0 Å². The summed E-state index contributed by atoms with van der Waals surface area (Å²) in [5.41, 5.74) is 3.34. The number of methoxy groups -OCH3 is 2. The van der Waals surface area contributed by atoms with Crippen LogP contribution in [0.3, 0.4) is 0 Å². The Morgan fingerprint density at radius 1 is 0.607 bits per heavy atom. The zero-order valence-electron chi connectivity index (χ0n) is 15.7. The highest BCUT2D eigenvalue weighted by molar-refractivity contribution is 5.81. The van der Waals surface area contributed by atoms with Crippen LogP contribution in [0.2, 0.25) is 0 Å². The van der Waals surface area contributed by atoms with Gasteiger partial charge in [0.25, 0.3) is 0 Å². The van der Waals surface area contributed by atoms with Gasteiger partial charge in [-0.2, -0.15) is 0 Å². The van der Waals surface area contributed by atoms with Crippen LogP contribution in [0.15, 0.2) is 11.1 Å². The third-order valence-corrected chi connectivity index (χ3v) is 14.4. The van der Waals surface area contributed by atoms with Gasteiger partial charge in [-0.05, 0) is 69.0 Å². The fraction of sp³-hybridized carbons (Fsp3) is 0.833. The van der Waals surface area contributed by atoms with Gasteiger partial charge in [0.15, 0.2) is 0 Å². The summed E-state index contributed by atoms with van der Waals surface area (Å²) < 4.78 is 12.7. The highest BCUT2D eigenvalue weighted by Gasteiger charge is 3.23. The van der Waals surface area contributed by atoms with E-state index in [9.17, 15) is 9.59 Å². The summed E-state index contributed by atoms with van der Waals surface area (Å²) in [6.07, 6.45) is 0.779. The summed E-state index contributed by atoms with van der Waals surface area (Å²) in [6, 6.07) is 0. The Kier molecular flexibility index (Phi) is 1.34. The van der Waals surface area contributed by atoms with E-state index in [0.717, 1.165) is 0 Å². The number of rotatable bonds is 2. The lowest BCUT2D eigenvalue weighted by molar-refractivity contribution is -0.297. The number of ether oxygens (including phenoxy) is 2. The quantitative estimate of drug-likeness (QED) is 0.680. The zero-order valence-corrected chi connectivity index (χ0v) is 15.7. The Balaban J connectivity index is 1.44. The molecule has 13 saturated carbocycles. The van der Waals surface area contributed by atoms with E-state index >= 15 is 0 Å². The maximum Gasteiger partial charge on any atom is 0.124 e. The molecule has 0 radical (unpaired) electrons. The van der Waals surface area contributed by atoms with Crippen LogP contribution in [-0.2, 0) is 19.1 Å². The molecule has 4 heteroatoms. The largest absolute Gasteiger partial charge is 0.381 e. The Bertz CT molecular complexity index is 987. The van der Waals surface area contributed by atoms with Crippen molar-refractivity contribution in [2.24, 2.45) is 92.7 Å². The van der Waals surface area contributed by atoms with Crippen molar-refractivity contribution in [1.82, 2.24) is 0 Å². The minimum absolute atomic E-state index is 0.246. The molecule has 8 atom stereocenters. The van der Waals surface area contributed by atoms with Crippen molar-refractivity contribution < 1.29 is 19.1 Å². The molecule has 0 aromatic heterocycles. The Labute approximate surface area is 161 Å². The summed E-state index contributed by atoms with van der Waals surface area (Å²) in [5, 5.41) is 0. The van der Waals surface area contributed by atoms with E-state index in [1.807, 2.05) is 14.2 Å². The second-order valence-electron chi connectivity index (χ2n) is 12.3. The lowest BCUT2D eigenvalue weighted by Crippen LogP contribution is -2.73. The fourth-order valence-corrected chi connectivity index (χ4v) is 16.9. The summed E-state index contributed by atoms with van der Waals surface area (Å²) in [7, 11) is 3.88. The Morgan fingerprint density at radius 2 is 0.929 bits per heavy atom. The number of carbonyl (C=O) groups excluding carboxylic acids is 2. The van der Waals surface area contributed by atoms with Gasteiger partial charge in [-0.3, -0.25) is 0 Å². The Hall–Kier alpha value is -1.18. The molecular weight excluding hydrogens is 352 g/mol. The number of allylic oxidation sites excluding steroid dienone is 2. The summed E-state index contributed by atoms with van der Waals surface area (Å²) in [4.78, 5) is 24.7. The molecule has 13 rings (SSSR count). The molecule has 0 N–H and O–H groups in total. The van der Waals surface area contributed by atoms with Gasteiger partial charge in [0.2, 0.25) is 0 Å². The van der Waals surface area contributed by atoms with E-state index in [0.29, 0.717) is 83.2 Å². The average Bonchev–Trinajstić information content (AvgIpc) is 3.48. The molecule has 8 bridgehead atoms. The van der Waals surface area contributed by atoms with Crippen LogP contribution in [0.25, 0.3) is 0 Å². The van der Waals surface area contributed by atoms with Gasteiger partial charge in [-0.25, -0.2) is 9.59 Å². The molecule has 13 fully saturated rings. The highest BCUT2D eigenvalue weighted by atomic mass is 16.5. The molecule has 0 heterocycles. The molecule has 0 aliphatic heterocycles. The van der Waals surface area contributed by atoms with Crippen molar-refractivity contribution in [1.29, 1.82) is 0 Å². The molecule has 140 valence electrons. The second kappa shape index (κ2) is 2.84. The van der Waals surface area contributed by atoms with E-state index in [1.54, 1.807) is 0 Å². The van der Waals surface area contributed by atoms with Crippen molar-refractivity contribution in [3.63, 3.8) is 0 Å². The van der Waals surface area contributed by atoms with Crippen LogP contribution in [0.5, 0.6) is 0 Å². The van der Waals surface area contributed by atoms with Crippen LogP contribution >= 0.6 is 0 Å². The second-order valence-corrected chi connectivity index (χ2v) is 12.3. The lowest BCUT2D eigenvalue weighted by Gasteiger charge is -2.73. The molecule has 28 heavy (non-hydrogen) atoms. The summed E-state index contributed by atoms with van der Waals surface area (Å²) in [6.45, 7) is 0. The SMILES string of the molecule is COC1C2C3C4C1C15C6C(=C=O)C7C8C6C6C(=C=O)C8C8(C3C(OC)C4C618)C725. The van der Waals surface area contributed by atoms with E-state index in [1.165, 1.54) is 11.1 Å². The molecule has 4 spiro atoms. The molecule has 8 unspecified atom stereocenters. The predicted molar refractivity (Wildman–Crippen MR) is 91.6 cm³/mol. The van der Waals surface area contributed by atoms with Crippen molar-refractivity contribution in [2.45, 2.75) is 12.2 Å². The Morgan fingerprint density at radius 3 is 1.18 bits per heavy atom. The first-order chi connectivity index (χ1) is 13.8. The van der Waals surface area contributed by atoms with Gasteiger partial charge in [0, 0.05) is 49.0 Å². The number of hydrogen-bond donors (Lipinski definition) is 0. The monoisotopic (exact) mass is 372 g/mol. The number of hydrogen-bond acceptors (Lipinski definition) is 4. The molecule has 0 aromatic carbocycles. The molecule has 0 aromatic rings. The van der Waals surface area contributed by atoms with E-state index in [2.05, 4.69) is 11.9 Å². The highest BCUT2D eigenvalue weighted by Crippen LogP contribution is 3.23. The third kappa shape index (κ3) is 0.531. The van der Waals surface area contributed by atoms with Crippen LogP contribution in [-0.4, -0.2) is 38.3 Å². The van der Waals surface area contributed by atoms with E-state index < -0.39 is 0 Å². The van der Waals surface area contributed by atoms with Crippen LogP contribution < -0.4 is 0 Å². The molecule has 0 amide bonds. The average molecular weight is 372 g/mol. The molecule has 4 nitrogen and oxygen atoms in total. The van der Waals surface area contributed by atoms with Gasteiger partial charge < -0.3 is 9.47 Å². The van der Waals surface area contributed by atoms with Crippen LogP contribution in [0.1, 0.15) is 0 Å². The van der Waals surface area contributed by atoms with Crippen LogP contribution in [0.4, 0.5) is 0 Å². The lowest BCUT2D eigenvalue weighted by atomic mass is 9.28. The first-order valence-electron chi connectivity index (χ1n) is 11.3. The van der Waals surface area contributed by atoms with Crippen molar-refractivity contribution in [2.75, 3.05) is 14.2 Å². The van der Waals surface area contributed by atoms with Crippen molar-refractivity contribution in [3.05, 3.63) is 11.1 Å². The summed E-state index contributed by atoms with van der Waals surface area (Å²) in [5.74, 6) is 11.7. The first-order valence-corrected chi connectivity index (χ1v) is 11.3. The van der Waals surface area contributed by atoms with E-state index in [-0.39, 0.29) is 21.7 Å².